The molecule has 2 atom stereocenters. The first-order chi connectivity index (χ1) is 13.7. The molecule has 4 rings (SSSR count). The van der Waals surface area contributed by atoms with E-state index in [2.05, 4.69) is 5.32 Å². The first-order valence-electron chi connectivity index (χ1n) is 9.12. The number of benzene rings is 3. The molecule has 0 spiro atoms. The minimum Gasteiger partial charge on any atom is -0.497 e. The highest BCUT2D eigenvalue weighted by Gasteiger charge is 2.29. The molecule has 1 amide bonds. The average molecular weight is 375 g/mol. The molecule has 142 valence electrons. The monoisotopic (exact) mass is 375 g/mol. The second kappa shape index (κ2) is 8.05. The molecule has 28 heavy (non-hydrogen) atoms. The molecule has 3 aromatic carbocycles. The number of nitrogens with one attached hydrogen (secondary N) is 1. The summed E-state index contributed by atoms with van der Waals surface area (Å²) >= 11 is 0. The van der Waals surface area contributed by atoms with E-state index in [9.17, 15) is 4.79 Å². The number of carbonyl (C=O) groups excluding carboxylic acids is 1. The van der Waals surface area contributed by atoms with Gasteiger partial charge in [-0.25, -0.2) is 0 Å². The lowest BCUT2D eigenvalue weighted by Crippen LogP contribution is -2.45. The van der Waals surface area contributed by atoms with Gasteiger partial charge in [-0.3, -0.25) is 4.79 Å². The second-order valence-corrected chi connectivity index (χ2v) is 6.49. The van der Waals surface area contributed by atoms with Crippen molar-refractivity contribution in [2.24, 2.45) is 0 Å². The zero-order valence-corrected chi connectivity index (χ0v) is 15.5. The van der Waals surface area contributed by atoms with Crippen LogP contribution in [0.1, 0.15) is 17.2 Å². The lowest BCUT2D eigenvalue weighted by molar-refractivity contribution is -0.130. The van der Waals surface area contributed by atoms with Crippen molar-refractivity contribution in [3.8, 4) is 17.2 Å². The minimum absolute atomic E-state index is 0.174. The van der Waals surface area contributed by atoms with Gasteiger partial charge in [0.1, 0.15) is 12.4 Å². The molecular formula is C23H21NO4. The van der Waals surface area contributed by atoms with Crippen LogP contribution >= 0.6 is 0 Å². The van der Waals surface area contributed by atoms with Gasteiger partial charge in [0, 0.05) is 0 Å². The Hall–Kier alpha value is -3.47. The maximum Gasteiger partial charge on any atom is 0.265 e. The van der Waals surface area contributed by atoms with Crippen molar-refractivity contribution >= 4 is 5.91 Å². The van der Waals surface area contributed by atoms with Crippen molar-refractivity contribution in [1.82, 2.24) is 5.32 Å². The van der Waals surface area contributed by atoms with Gasteiger partial charge in [0.25, 0.3) is 5.91 Å². The summed E-state index contributed by atoms with van der Waals surface area (Å²) in [6.45, 7) is 0.174. The zero-order chi connectivity index (χ0) is 19.3. The van der Waals surface area contributed by atoms with Crippen LogP contribution in [0.4, 0.5) is 0 Å². The van der Waals surface area contributed by atoms with E-state index in [1.54, 1.807) is 13.2 Å². The molecule has 1 heterocycles. The molecule has 1 aliphatic heterocycles. The molecule has 5 nitrogen and oxygen atoms in total. The molecule has 0 unspecified atom stereocenters. The molecule has 0 radical (unpaired) electrons. The van der Waals surface area contributed by atoms with Crippen LogP contribution in [0.15, 0.2) is 78.9 Å². The largest absolute Gasteiger partial charge is 0.497 e. The number of carbonyl (C=O) groups is 1. The summed E-state index contributed by atoms with van der Waals surface area (Å²) in [5.74, 6) is 1.78. The minimum atomic E-state index is -0.709. The Morgan fingerprint density at radius 1 is 0.929 bits per heavy atom. The molecule has 1 aliphatic rings. The van der Waals surface area contributed by atoms with Crippen molar-refractivity contribution in [2.75, 3.05) is 13.7 Å². The Kier molecular flexibility index (Phi) is 5.15. The number of methoxy groups -OCH3 is 1. The Morgan fingerprint density at radius 3 is 2.29 bits per heavy atom. The van der Waals surface area contributed by atoms with E-state index in [4.69, 9.17) is 14.2 Å². The first kappa shape index (κ1) is 17.9. The molecule has 0 aliphatic carbocycles. The molecule has 0 saturated heterocycles. The predicted molar refractivity (Wildman–Crippen MR) is 106 cm³/mol. The average Bonchev–Trinajstić information content (AvgIpc) is 2.77. The second-order valence-electron chi connectivity index (χ2n) is 6.49. The number of amides is 1. The normalized spacial score (nSPS) is 16.1. The molecule has 5 heteroatoms. The van der Waals surface area contributed by atoms with Gasteiger partial charge in [-0.05, 0) is 35.4 Å². The number of hydrogen-bond donors (Lipinski definition) is 1. The predicted octanol–water partition coefficient (Wildman–Crippen LogP) is 3.74. The van der Waals surface area contributed by atoms with Crippen LogP contribution in [0.3, 0.4) is 0 Å². The lowest BCUT2D eigenvalue weighted by atomic mass is 9.98. The van der Waals surface area contributed by atoms with Gasteiger partial charge in [-0.15, -0.1) is 0 Å². The van der Waals surface area contributed by atoms with E-state index in [-0.39, 0.29) is 18.6 Å². The number of para-hydroxylation sites is 2. The highest BCUT2D eigenvalue weighted by molar-refractivity contribution is 5.82. The summed E-state index contributed by atoms with van der Waals surface area (Å²) in [6, 6.07) is 24.5. The number of fused-ring (bicyclic) bond motifs is 1. The maximum absolute atomic E-state index is 12.9. The van der Waals surface area contributed by atoms with Crippen molar-refractivity contribution in [2.45, 2.75) is 12.1 Å². The lowest BCUT2D eigenvalue weighted by Gasteiger charge is -2.28. The van der Waals surface area contributed by atoms with Gasteiger partial charge in [0.15, 0.2) is 11.5 Å². The molecule has 0 saturated carbocycles. The Morgan fingerprint density at radius 2 is 1.57 bits per heavy atom. The highest BCUT2D eigenvalue weighted by Crippen LogP contribution is 2.31. The maximum atomic E-state index is 12.9. The number of rotatable bonds is 5. The van der Waals surface area contributed by atoms with E-state index < -0.39 is 6.10 Å². The third-order valence-electron chi connectivity index (χ3n) is 4.67. The zero-order valence-electron chi connectivity index (χ0n) is 15.5. The molecule has 0 bridgehead atoms. The number of ether oxygens (including phenoxy) is 3. The van der Waals surface area contributed by atoms with Gasteiger partial charge < -0.3 is 19.5 Å². The van der Waals surface area contributed by atoms with Gasteiger partial charge in [0.05, 0.1) is 13.2 Å². The third-order valence-corrected chi connectivity index (χ3v) is 4.67. The quantitative estimate of drug-likeness (QED) is 0.738. The van der Waals surface area contributed by atoms with E-state index >= 15 is 0 Å². The molecule has 3 aromatic rings. The van der Waals surface area contributed by atoms with Crippen molar-refractivity contribution in [3.63, 3.8) is 0 Å². The van der Waals surface area contributed by atoms with Gasteiger partial charge in [-0.2, -0.15) is 0 Å². The van der Waals surface area contributed by atoms with E-state index in [0.29, 0.717) is 11.5 Å². The Balaban J connectivity index is 1.56. The van der Waals surface area contributed by atoms with Crippen LogP contribution in [-0.2, 0) is 4.79 Å². The van der Waals surface area contributed by atoms with Crippen LogP contribution in [0, 0.1) is 0 Å². The molecule has 1 N–H and O–H groups in total. The summed E-state index contributed by atoms with van der Waals surface area (Å²) in [4.78, 5) is 12.9. The topological polar surface area (TPSA) is 56.8 Å². The standard InChI is InChI=1S/C23H21NO4/c1-26-18-13-11-17(12-14-18)22(16-7-3-2-4-8-16)24-23(25)21-15-27-19-9-5-6-10-20(19)28-21/h2-14,21-22H,15H2,1H3,(H,24,25)/t21-,22+/m0/s1. The van der Waals surface area contributed by atoms with E-state index in [0.717, 1.165) is 16.9 Å². The van der Waals surface area contributed by atoms with Crippen LogP contribution in [0.25, 0.3) is 0 Å². The molecule has 0 fully saturated rings. The Bertz CT molecular complexity index is 940. The van der Waals surface area contributed by atoms with E-state index in [1.165, 1.54) is 0 Å². The summed E-state index contributed by atoms with van der Waals surface area (Å²) in [5, 5.41) is 3.10. The smallest absolute Gasteiger partial charge is 0.265 e. The van der Waals surface area contributed by atoms with Crippen molar-refractivity contribution < 1.29 is 19.0 Å². The highest BCUT2D eigenvalue weighted by atomic mass is 16.6. The van der Waals surface area contributed by atoms with Gasteiger partial charge in [0.2, 0.25) is 6.10 Å². The fourth-order valence-corrected chi connectivity index (χ4v) is 3.18. The fourth-order valence-electron chi connectivity index (χ4n) is 3.18. The summed E-state index contributed by atoms with van der Waals surface area (Å²) in [7, 11) is 1.63. The fraction of sp³-hybridized carbons (Fsp3) is 0.174. The summed E-state index contributed by atoms with van der Waals surface area (Å²) < 4.78 is 16.8. The van der Waals surface area contributed by atoms with Crippen LogP contribution in [-0.4, -0.2) is 25.7 Å². The van der Waals surface area contributed by atoms with Crippen LogP contribution in [0.5, 0.6) is 17.2 Å². The van der Waals surface area contributed by atoms with Gasteiger partial charge in [-0.1, -0.05) is 54.6 Å². The Labute approximate surface area is 163 Å². The van der Waals surface area contributed by atoms with E-state index in [1.807, 2.05) is 72.8 Å². The van der Waals surface area contributed by atoms with Crippen molar-refractivity contribution in [1.29, 1.82) is 0 Å². The van der Waals surface area contributed by atoms with Crippen LogP contribution < -0.4 is 19.5 Å². The van der Waals surface area contributed by atoms with Crippen molar-refractivity contribution in [3.05, 3.63) is 90.0 Å². The summed E-state index contributed by atoms with van der Waals surface area (Å²) in [5.41, 5.74) is 1.94. The third kappa shape index (κ3) is 3.78. The van der Waals surface area contributed by atoms with Gasteiger partial charge >= 0.3 is 0 Å². The summed E-state index contributed by atoms with van der Waals surface area (Å²) in [6.07, 6.45) is -0.709. The molecule has 0 aromatic heterocycles. The number of hydrogen-bond acceptors (Lipinski definition) is 4. The van der Waals surface area contributed by atoms with Crippen LogP contribution in [0.2, 0.25) is 0 Å². The molecular weight excluding hydrogens is 354 g/mol. The SMILES string of the molecule is COc1ccc([C@H](NC(=O)[C@@H]2COc3ccccc3O2)c2ccccc2)cc1. The first-order valence-corrected chi connectivity index (χ1v) is 9.12.